The second-order valence-electron chi connectivity index (χ2n) is 8.59. The maximum absolute atomic E-state index is 12.9. The topological polar surface area (TPSA) is 113 Å². The second-order valence-corrected chi connectivity index (χ2v) is 12.2. The smallest absolute Gasteiger partial charge is 0.243 e. The molecule has 8 nitrogen and oxygen atoms in total. The Balaban J connectivity index is 1.62. The summed E-state index contributed by atoms with van der Waals surface area (Å²) in [6.07, 6.45) is 2.59. The van der Waals surface area contributed by atoms with E-state index in [1.807, 2.05) is 20.8 Å². The van der Waals surface area contributed by atoms with Crippen LogP contribution in [0, 0.1) is 11.8 Å². The molecule has 1 heterocycles. The summed E-state index contributed by atoms with van der Waals surface area (Å²) < 4.78 is 54.3. The van der Waals surface area contributed by atoms with Crippen LogP contribution in [0.3, 0.4) is 0 Å². The Labute approximate surface area is 179 Å². The molecule has 2 N–H and O–H groups in total. The highest BCUT2D eigenvalue weighted by Gasteiger charge is 2.33. The average molecular weight is 458 g/mol. The summed E-state index contributed by atoms with van der Waals surface area (Å²) >= 11 is 0. The number of amides is 1. The lowest BCUT2D eigenvalue weighted by Gasteiger charge is -2.31. The predicted octanol–water partition coefficient (Wildman–Crippen LogP) is 1.69. The monoisotopic (exact) mass is 457 g/mol. The third kappa shape index (κ3) is 5.40. The standard InChI is InChI=1S/C20H31N3O5S2/c1-14(2)15(3)21-20(24)16-10-12-23(13-11-16)30(27,28)19-8-6-18(7-9-19)29(25,26)22-17-4-5-17/h6-9,14-17,22H,4-5,10-13H2,1-3H3,(H,21,24). The van der Waals surface area contributed by atoms with Gasteiger partial charge in [-0.25, -0.2) is 21.6 Å². The fourth-order valence-corrected chi connectivity index (χ4v) is 6.07. The molecule has 168 valence electrons. The highest BCUT2D eigenvalue weighted by molar-refractivity contribution is 7.89. The molecule has 1 aliphatic heterocycles. The van der Waals surface area contributed by atoms with Gasteiger partial charge in [-0.15, -0.1) is 0 Å². The zero-order valence-corrected chi connectivity index (χ0v) is 19.3. The minimum Gasteiger partial charge on any atom is -0.353 e. The first-order chi connectivity index (χ1) is 14.0. The maximum atomic E-state index is 12.9. The van der Waals surface area contributed by atoms with E-state index < -0.39 is 20.0 Å². The molecule has 2 aliphatic rings. The van der Waals surface area contributed by atoms with Crippen molar-refractivity contribution in [3.63, 3.8) is 0 Å². The highest BCUT2D eigenvalue weighted by atomic mass is 32.2. The van der Waals surface area contributed by atoms with E-state index >= 15 is 0 Å². The SMILES string of the molecule is CC(C)C(C)NC(=O)C1CCN(S(=O)(=O)c2ccc(S(=O)(=O)NC3CC3)cc2)CC1. The van der Waals surface area contributed by atoms with Crippen molar-refractivity contribution in [1.29, 1.82) is 0 Å². The van der Waals surface area contributed by atoms with Crippen LogP contribution in [0.1, 0.15) is 46.5 Å². The zero-order valence-electron chi connectivity index (χ0n) is 17.7. The Morgan fingerprint density at radius 3 is 1.97 bits per heavy atom. The van der Waals surface area contributed by atoms with Gasteiger partial charge < -0.3 is 5.32 Å². The van der Waals surface area contributed by atoms with Crippen molar-refractivity contribution in [3.05, 3.63) is 24.3 Å². The molecule has 0 aromatic heterocycles. The van der Waals surface area contributed by atoms with E-state index in [4.69, 9.17) is 0 Å². The molecule has 1 amide bonds. The number of nitrogens with zero attached hydrogens (tertiary/aromatic N) is 1. The van der Waals surface area contributed by atoms with Crippen LogP contribution in [0.15, 0.2) is 34.1 Å². The van der Waals surface area contributed by atoms with Crippen LogP contribution in [0.5, 0.6) is 0 Å². The number of hydrogen-bond donors (Lipinski definition) is 2. The number of carbonyl (C=O) groups is 1. The van der Waals surface area contributed by atoms with Gasteiger partial charge in [0.15, 0.2) is 0 Å². The molecule has 1 saturated carbocycles. The first kappa shape index (κ1) is 23.2. The largest absolute Gasteiger partial charge is 0.353 e. The summed E-state index contributed by atoms with van der Waals surface area (Å²) in [5.74, 6) is 0.116. The van der Waals surface area contributed by atoms with E-state index in [0.717, 1.165) is 12.8 Å². The van der Waals surface area contributed by atoms with Crippen LogP contribution in [0.25, 0.3) is 0 Å². The van der Waals surface area contributed by atoms with Gasteiger partial charge in [-0.05, 0) is 62.8 Å². The number of sulfonamides is 2. The van der Waals surface area contributed by atoms with Crippen molar-refractivity contribution in [2.75, 3.05) is 13.1 Å². The second kappa shape index (κ2) is 8.94. The van der Waals surface area contributed by atoms with E-state index in [-0.39, 0.29) is 46.8 Å². The Morgan fingerprint density at radius 2 is 1.47 bits per heavy atom. The van der Waals surface area contributed by atoms with E-state index in [9.17, 15) is 21.6 Å². The van der Waals surface area contributed by atoms with Gasteiger partial charge in [0, 0.05) is 31.1 Å². The summed E-state index contributed by atoms with van der Waals surface area (Å²) in [6.45, 7) is 6.57. The fraction of sp³-hybridized carbons (Fsp3) is 0.650. The lowest BCUT2D eigenvalue weighted by Crippen LogP contribution is -2.45. The van der Waals surface area contributed by atoms with E-state index in [0.29, 0.717) is 18.8 Å². The molecule has 2 fully saturated rings. The number of nitrogens with one attached hydrogen (secondary N) is 2. The summed E-state index contributed by atoms with van der Waals surface area (Å²) in [5.41, 5.74) is 0. The van der Waals surface area contributed by atoms with Crippen molar-refractivity contribution in [2.45, 2.75) is 68.3 Å². The quantitative estimate of drug-likeness (QED) is 0.617. The van der Waals surface area contributed by atoms with Crippen LogP contribution < -0.4 is 10.0 Å². The lowest BCUT2D eigenvalue weighted by molar-refractivity contribution is -0.127. The van der Waals surface area contributed by atoms with Gasteiger partial charge in [-0.2, -0.15) is 4.31 Å². The van der Waals surface area contributed by atoms with Gasteiger partial charge in [-0.3, -0.25) is 4.79 Å². The summed E-state index contributed by atoms with van der Waals surface area (Å²) in [7, 11) is -7.35. The van der Waals surface area contributed by atoms with Crippen LogP contribution in [0.2, 0.25) is 0 Å². The van der Waals surface area contributed by atoms with Crippen molar-refractivity contribution in [3.8, 4) is 0 Å². The molecule has 3 rings (SSSR count). The van der Waals surface area contributed by atoms with Gasteiger partial charge in [0.1, 0.15) is 0 Å². The molecular weight excluding hydrogens is 426 g/mol. The molecular formula is C20H31N3O5S2. The number of hydrogen-bond acceptors (Lipinski definition) is 5. The molecule has 0 bridgehead atoms. The third-order valence-corrected chi connectivity index (χ3v) is 9.31. The molecule has 1 aromatic rings. The Hall–Kier alpha value is -1.49. The molecule has 1 aromatic carbocycles. The van der Waals surface area contributed by atoms with Gasteiger partial charge >= 0.3 is 0 Å². The van der Waals surface area contributed by atoms with Gasteiger partial charge in [0.05, 0.1) is 9.79 Å². The van der Waals surface area contributed by atoms with Crippen molar-refractivity contribution < 1.29 is 21.6 Å². The minimum atomic E-state index is -3.73. The predicted molar refractivity (Wildman–Crippen MR) is 114 cm³/mol. The van der Waals surface area contributed by atoms with E-state index in [1.165, 1.54) is 28.6 Å². The average Bonchev–Trinajstić information content (AvgIpc) is 3.51. The Kier molecular flexibility index (Phi) is 6.91. The van der Waals surface area contributed by atoms with Crippen LogP contribution >= 0.6 is 0 Å². The van der Waals surface area contributed by atoms with E-state index in [2.05, 4.69) is 10.0 Å². The third-order valence-electron chi connectivity index (χ3n) is 5.87. The first-order valence-electron chi connectivity index (χ1n) is 10.4. The highest BCUT2D eigenvalue weighted by Crippen LogP contribution is 2.26. The number of benzene rings is 1. The zero-order chi connectivity index (χ0) is 22.1. The Bertz CT molecular complexity index is 962. The summed E-state index contributed by atoms with van der Waals surface area (Å²) in [5, 5.41) is 3.00. The van der Waals surface area contributed by atoms with Gasteiger partial charge in [0.2, 0.25) is 26.0 Å². The van der Waals surface area contributed by atoms with Gasteiger partial charge in [-0.1, -0.05) is 13.8 Å². The van der Waals surface area contributed by atoms with Crippen molar-refractivity contribution >= 4 is 26.0 Å². The number of piperidine rings is 1. The fourth-order valence-electron chi connectivity index (χ4n) is 3.30. The molecule has 1 unspecified atom stereocenters. The number of carbonyl (C=O) groups excluding carboxylic acids is 1. The normalized spacial score (nSPS) is 20.3. The van der Waals surface area contributed by atoms with Crippen LogP contribution in [-0.2, 0) is 24.8 Å². The van der Waals surface area contributed by atoms with Crippen molar-refractivity contribution in [1.82, 2.24) is 14.3 Å². The van der Waals surface area contributed by atoms with E-state index in [1.54, 1.807) is 0 Å². The molecule has 0 spiro atoms. The summed E-state index contributed by atoms with van der Waals surface area (Å²) in [6, 6.07) is 5.37. The molecule has 1 atom stereocenters. The molecule has 1 saturated heterocycles. The minimum absolute atomic E-state index is 0.0135. The first-order valence-corrected chi connectivity index (χ1v) is 13.4. The molecule has 1 aliphatic carbocycles. The molecule has 30 heavy (non-hydrogen) atoms. The van der Waals surface area contributed by atoms with Gasteiger partial charge in [0.25, 0.3) is 0 Å². The van der Waals surface area contributed by atoms with Crippen LogP contribution in [-0.4, -0.2) is 52.2 Å². The molecule has 0 radical (unpaired) electrons. The maximum Gasteiger partial charge on any atom is 0.243 e. The Morgan fingerprint density at radius 1 is 0.933 bits per heavy atom. The summed E-state index contributed by atoms with van der Waals surface area (Å²) in [4.78, 5) is 12.5. The molecule has 10 heteroatoms. The lowest BCUT2D eigenvalue weighted by atomic mass is 9.96. The van der Waals surface area contributed by atoms with Crippen LogP contribution in [0.4, 0.5) is 0 Å². The van der Waals surface area contributed by atoms with Crippen molar-refractivity contribution in [2.24, 2.45) is 11.8 Å². The number of rotatable bonds is 8.